The molecule has 1 aliphatic rings. The molecule has 3 rings (SSSR count). The molecule has 0 saturated carbocycles. The van der Waals surface area contributed by atoms with E-state index in [1.807, 2.05) is 24.7 Å². The summed E-state index contributed by atoms with van der Waals surface area (Å²) in [6.45, 7) is 12.2. The number of rotatable bonds is 6. The van der Waals surface area contributed by atoms with Crippen molar-refractivity contribution in [3.8, 4) is 0 Å². The molecule has 0 amide bonds. The molecule has 0 bridgehead atoms. The van der Waals surface area contributed by atoms with Crippen LogP contribution in [0.4, 0.5) is 0 Å². The normalized spacial score (nSPS) is 19.1. The number of aromatic nitrogens is 4. The Kier molecular flexibility index (Phi) is 5.73. The van der Waals surface area contributed by atoms with Gasteiger partial charge in [-0.1, -0.05) is 13.8 Å². The van der Waals surface area contributed by atoms with Gasteiger partial charge in [0.2, 0.25) is 10.0 Å². The Morgan fingerprint density at radius 1 is 1.33 bits per heavy atom. The van der Waals surface area contributed by atoms with E-state index >= 15 is 0 Å². The van der Waals surface area contributed by atoms with Crippen LogP contribution in [0, 0.1) is 19.8 Å². The van der Waals surface area contributed by atoms with Crippen molar-refractivity contribution < 1.29 is 13.2 Å². The van der Waals surface area contributed by atoms with Crippen molar-refractivity contribution in [3.05, 3.63) is 29.3 Å². The third kappa shape index (κ3) is 3.95. The summed E-state index contributed by atoms with van der Waals surface area (Å²) in [5, 5.41) is 8.74. The quantitative estimate of drug-likeness (QED) is 0.748. The van der Waals surface area contributed by atoms with Gasteiger partial charge in [-0.15, -0.1) is 0 Å². The van der Waals surface area contributed by atoms with E-state index in [2.05, 4.69) is 24.0 Å². The first-order valence-electron chi connectivity index (χ1n) is 9.42. The van der Waals surface area contributed by atoms with Crippen LogP contribution in [0.15, 0.2) is 17.3 Å². The third-order valence-electron chi connectivity index (χ3n) is 4.83. The van der Waals surface area contributed by atoms with Crippen molar-refractivity contribution in [1.29, 1.82) is 0 Å². The molecule has 2 aromatic rings. The van der Waals surface area contributed by atoms with E-state index in [4.69, 9.17) is 4.74 Å². The van der Waals surface area contributed by atoms with Crippen LogP contribution >= 0.6 is 0 Å². The Labute approximate surface area is 161 Å². The Balaban J connectivity index is 1.87. The monoisotopic (exact) mass is 395 g/mol. The molecular formula is C18H29N5O3S. The van der Waals surface area contributed by atoms with Crippen LogP contribution in [0.2, 0.25) is 0 Å². The molecule has 0 N–H and O–H groups in total. The average molecular weight is 396 g/mol. The summed E-state index contributed by atoms with van der Waals surface area (Å²) in [7, 11) is -3.64. The van der Waals surface area contributed by atoms with Gasteiger partial charge >= 0.3 is 0 Å². The number of hydrogen-bond acceptors (Lipinski definition) is 5. The Morgan fingerprint density at radius 3 is 2.70 bits per heavy atom. The van der Waals surface area contributed by atoms with Crippen molar-refractivity contribution in [1.82, 2.24) is 23.9 Å². The maximum absolute atomic E-state index is 13.4. The van der Waals surface area contributed by atoms with Gasteiger partial charge in [0.05, 0.1) is 30.3 Å². The van der Waals surface area contributed by atoms with Gasteiger partial charge in [0.25, 0.3) is 0 Å². The van der Waals surface area contributed by atoms with Crippen LogP contribution in [-0.4, -0.2) is 52.0 Å². The third-order valence-corrected chi connectivity index (χ3v) is 6.95. The van der Waals surface area contributed by atoms with E-state index in [0.717, 1.165) is 12.1 Å². The summed E-state index contributed by atoms with van der Waals surface area (Å²) in [6.07, 6.45) is 3.36. The van der Waals surface area contributed by atoms with Crippen LogP contribution in [0.5, 0.6) is 0 Å². The van der Waals surface area contributed by atoms with E-state index in [9.17, 15) is 8.42 Å². The van der Waals surface area contributed by atoms with Crippen LogP contribution < -0.4 is 0 Å². The first-order chi connectivity index (χ1) is 12.7. The summed E-state index contributed by atoms with van der Waals surface area (Å²) < 4.78 is 37.7. The van der Waals surface area contributed by atoms with Crippen molar-refractivity contribution in [2.45, 2.75) is 58.7 Å². The highest BCUT2D eigenvalue weighted by molar-refractivity contribution is 7.89. The van der Waals surface area contributed by atoms with E-state index in [0.29, 0.717) is 41.9 Å². The summed E-state index contributed by atoms with van der Waals surface area (Å²) in [5.41, 5.74) is 2.15. The number of aryl methyl sites for hydroxylation is 2. The maximum Gasteiger partial charge on any atom is 0.246 e. The van der Waals surface area contributed by atoms with Crippen molar-refractivity contribution >= 4 is 10.0 Å². The molecule has 1 aliphatic heterocycles. The summed E-state index contributed by atoms with van der Waals surface area (Å²) >= 11 is 0. The fourth-order valence-electron chi connectivity index (χ4n) is 3.47. The molecule has 0 aliphatic carbocycles. The Bertz CT molecular complexity index is 900. The standard InChI is InChI=1S/C18H29N5O3S/c1-6-21-11-16(9-19-21)17-12-22(7-8-26-17)27(24,25)18-14(4)20-23(15(18)5)10-13(2)3/h9,11,13,17H,6-8,10,12H2,1-5H3/t17-/m0/s1. The van der Waals surface area contributed by atoms with Gasteiger partial charge < -0.3 is 4.74 Å². The zero-order valence-corrected chi connectivity index (χ0v) is 17.5. The van der Waals surface area contributed by atoms with Crippen LogP contribution in [-0.2, 0) is 27.8 Å². The van der Waals surface area contributed by atoms with E-state index in [1.54, 1.807) is 17.8 Å². The molecule has 2 aromatic heterocycles. The first kappa shape index (κ1) is 20.0. The number of ether oxygens (including phenoxy) is 1. The molecule has 1 atom stereocenters. The van der Waals surface area contributed by atoms with Gasteiger partial charge in [-0.05, 0) is 26.7 Å². The van der Waals surface area contributed by atoms with Crippen molar-refractivity contribution in [2.75, 3.05) is 19.7 Å². The molecule has 27 heavy (non-hydrogen) atoms. The molecular weight excluding hydrogens is 366 g/mol. The molecule has 1 fully saturated rings. The van der Waals surface area contributed by atoms with Crippen LogP contribution in [0.3, 0.4) is 0 Å². The molecule has 8 nitrogen and oxygen atoms in total. The molecule has 9 heteroatoms. The van der Waals surface area contributed by atoms with Crippen LogP contribution in [0.1, 0.15) is 43.8 Å². The zero-order valence-electron chi connectivity index (χ0n) is 16.7. The molecule has 0 aromatic carbocycles. The lowest BCUT2D eigenvalue weighted by Crippen LogP contribution is -2.42. The van der Waals surface area contributed by atoms with E-state index in [1.165, 1.54) is 4.31 Å². The minimum absolute atomic E-state index is 0.284. The van der Waals surface area contributed by atoms with Gasteiger partial charge in [0.15, 0.2) is 0 Å². The van der Waals surface area contributed by atoms with E-state index < -0.39 is 10.0 Å². The second-order valence-electron chi connectivity index (χ2n) is 7.43. The van der Waals surface area contributed by atoms with Gasteiger partial charge in [-0.3, -0.25) is 9.36 Å². The molecule has 0 spiro atoms. The SMILES string of the molecule is CCn1cc([C@@H]2CN(S(=O)(=O)c3c(C)nn(CC(C)C)c3C)CCO2)cn1. The highest BCUT2D eigenvalue weighted by atomic mass is 32.2. The minimum atomic E-state index is -3.64. The van der Waals surface area contributed by atoms with Gasteiger partial charge in [-0.2, -0.15) is 14.5 Å². The molecule has 1 saturated heterocycles. The van der Waals surface area contributed by atoms with Gasteiger partial charge in [0, 0.05) is 37.9 Å². The predicted octanol–water partition coefficient (Wildman–Crippen LogP) is 2.13. The Hall–Kier alpha value is -1.71. The smallest absolute Gasteiger partial charge is 0.246 e. The molecule has 0 unspecified atom stereocenters. The van der Waals surface area contributed by atoms with E-state index in [-0.39, 0.29) is 12.6 Å². The fraction of sp³-hybridized carbons (Fsp3) is 0.667. The first-order valence-corrected chi connectivity index (χ1v) is 10.9. The number of morpholine rings is 1. The minimum Gasteiger partial charge on any atom is -0.371 e. The second kappa shape index (κ2) is 7.73. The molecule has 150 valence electrons. The van der Waals surface area contributed by atoms with Gasteiger partial charge in [-0.25, -0.2) is 8.42 Å². The lowest BCUT2D eigenvalue weighted by molar-refractivity contribution is -0.00262. The zero-order chi connectivity index (χ0) is 19.8. The molecule has 0 radical (unpaired) electrons. The number of hydrogen-bond donors (Lipinski definition) is 0. The summed E-state index contributed by atoms with van der Waals surface area (Å²) in [4.78, 5) is 0.327. The van der Waals surface area contributed by atoms with Crippen molar-refractivity contribution in [3.63, 3.8) is 0 Å². The highest BCUT2D eigenvalue weighted by Crippen LogP contribution is 2.29. The van der Waals surface area contributed by atoms with Crippen LogP contribution in [0.25, 0.3) is 0 Å². The highest BCUT2D eigenvalue weighted by Gasteiger charge is 2.35. The largest absolute Gasteiger partial charge is 0.371 e. The van der Waals surface area contributed by atoms with Gasteiger partial charge in [0.1, 0.15) is 4.90 Å². The fourth-order valence-corrected chi connectivity index (χ4v) is 5.27. The maximum atomic E-state index is 13.4. The lowest BCUT2D eigenvalue weighted by Gasteiger charge is -2.31. The Morgan fingerprint density at radius 2 is 2.07 bits per heavy atom. The number of sulfonamides is 1. The van der Waals surface area contributed by atoms with Crippen molar-refractivity contribution in [2.24, 2.45) is 5.92 Å². The lowest BCUT2D eigenvalue weighted by atomic mass is 10.2. The average Bonchev–Trinajstić information content (AvgIpc) is 3.19. The number of nitrogens with zero attached hydrogens (tertiary/aromatic N) is 5. The topological polar surface area (TPSA) is 82.2 Å². The summed E-state index contributed by atoms with van der Waals surface area (Å²) in [5.74, 6) is 0.390. The summed E-state index contributed by atoms with van der Waals surface area (Å²) in [6, 6.07) is 0. The molecule has 3 heterocycles. The second-order valence-corrected chi connectivity index (χ2v) is 9.30. The predicted molar refractivity (Wildman–Crippen MR) is 102 cm³/mol.